The molecule has 2 aliphatic rings. The Bertz CT molecular complexity index is 2480. The lowest BCUT2D eigenvalue weighted by Crippen LogP contribution is -2.26. The van der Waals surface area contributed by atoms with Crippen molar-refractivity contribution in [3.8, 4) is 57.2 Å². The molecule has 240 valence electrons. The van der Waals surface area contributed by atoms with Gasteiger partial charge in [-0.15, -0.1) is 0 Å². The first-order chi connectivity index (χ1) is 23.9. The Morgan fingerprint density at radius 3 is 1.20 bits per heavy atom. The largest absolute Gasteiger partial charge is 0.269 e. The minimum Gasteiger partial charge on any atom is -0.252 e. The second-order valence-electron chi connectivity index (χ2n) is 10.4. The third-order valence-corrected chi connectivity index (χ3v) is 7.97. The number of rotatable bonds is 2. The molecule has 0 unspecified atom stereocenters. The van der Waals surface area contributed by atoms with E-state index in [0.29, 0.717) is 0 Å². The van der Waals surface area contributed by atoms with E-state index in [-0.39, 0.29) is 68.3 Å². The van der Waals surface area contributed by atoms with Crippen LogP contribution < -0.4 is 10.4 Å². The Hall–Kier alpha value is -7.18. The van der Waals surface area contributed by atoms with Gasteiger partial charge >= 0.3 is 0 Å². The summed E-state index contributed by atoms with van der Waals surface area (Å²) in [6.45, 7) is 15.4. The predicted octanol–water partition coefficient (Wildman–Crippen LogP) is 4.75. The van der Waals surface area contributed by atoms with Crippen molar-refractivity contribution >= 4 is 11.4 Å². The van der Waals surface area contributed by atoms with Crippen molar-refractivity contribution in [2.75, 3.05) is 0 Å². The number of nitriles is 2. The fourth-order valence-corrected chi connectivity index (χ4v) is 6.04. The topological polar surface area (TPSA) is 134 Å². The van der Waals surface area contributed by atoms with E-state index in [1.807, 2.05) is 0 Å². The first kappa shape index (κ1) is 31.4. The van der Waals surface area contributed by atoms with E-state index in [0.717, 1.165) is 12.4 Å². The van der Waals surface area contributed by atoms with Crippen molar-refractivity contribution in [3.63, 3.8) is 0 Å². The number of halogens is 8. The first-order valence-corrected chi connectivity index (χ1v) is 13.6. The summed E-state index contributed by atoms with van der Waals surface area (Å²) in [5.41, 5.74) is -4.98. The van der Waals surface area contributed by atoms with Crippen molar-refractivity contribution in [1.29, 1.82) is 10.5 Å². The van der Waals surface area contributed by atoms with E-state index in [1.54, 1.807) is 12.1 Å². The molecule has 4 aromatic heterocycles. The van der Waals surface area contributed by atoms with Gasteiger partial charge in [-0.05, 0) is 11.1 Å². The first-order valence-electron chi connectivity index (χ1n) is 13.6. The average Bonchev–Trinajstić information content (AvgIpc) is 3.66. The van der Waals surface area contributed by atoms with Crippen molar-refractivity contribution < 1.29 is 35.1 Å². The number of pyridine rings is 2. The summed E-state index contributed by atoms with van der Waals surface area (Å²) >= 11 is 0. The average molecular weight is 682 g/mol. The molecule has 0 aliphatic heterocycles. The van der Waals surface area contributed by atoms with Crippen LogP contribution in [0.3, 0.4) is 0 Å². The van der Waals surface area contributed by atoms with Gasteiger partial charge < -0.3 is 0 Å². The van der Waals surface area contributed by atoms with E-state index >= 15 is 0 Å². The zero-order valence-electron chi connectivity index (χ0n) is 24.1. The standard InChI is InChI=1S/C32H6F8N10/c1-43-13(5-41)17-9-3-11-28(46-8-16(47-11)22-25(35)31(39)50-32(40)26(22)36)20(9)18(14(6-42)44-2)10-4-12-27(19(10)17)45-7-15(48-12)21-23(33)29(37)49-30(38)24(21)34/h7-8H,3-4H2/b17-13-,18-14+. The van der Waals surface area contributed by atoms with Crippen molar-refractivity contribution in [2.24, 2.45) is 0 Å². The molecular weight excluding hydrogens is 676 g/mol. The van der Waals surface area contributed by atoms with Gasteiger partial charge in [0.05, 0.1) is 83.0 Å². The van der Waals surface area contributed by atoms with E-state index in [2.05, 4.69) is 39.6 Å². The highest BCUT2D eigenvalue weighted by molar-refractivity contribution is 5.90. The highest BCUT2D eigenvalue weighted by Crippen LogP contribution is 2.40. The highest BCUT2D eigenvalue weighted by Gasteiger charge is 2.36. The Labute approximate surface area is 272 Å². The van der Waals surface area contributed by atoms with Crippen LogP contribution in [0.15, 0.2) is 12.4 Å². The van der Waals surface area contributed by atoms with Gasteiger partial charge in [-0.2, -0.15) is 27.5 Å². The second kappa shape index (κ2) is 11.2. The molecule has 2 aliphatic carbocycles. The number of hydrogen-bond acceptors (Lipinski definition) is 8. The molecule has 4 heterocycles. The van der Waals surface area contributed by atoms with Crippen molar-refractivity contribution in [3.05, 3.63) is 115 Å². The minimum absolute atomic E-state index is 0.00757. The van der Waals surface area contributed by atoms with Gasteiger partial charge in [0.1, 0.15) is 0 Å². The number of fused-ring (bicyclic) bond motifs is 6. The Morgan fingerprint density at radius 1 is 0.560 bits per heavy atom. The van der Waals surface area contributed by atoms with Crippen molar-refractivity contribution in [2.45, 2.75) is 12.8 Å². The minimum atomic E-state index is -1.95. The fraction of sp³-hybridized carbons (Fsp3) is 0.0625. The van der Waals surface area contributed by atoms with Crippen LogP contribution in [0.25, 0.3) is 66.1 Å². The smallest absolute Gasteiger partial charge is 0.252 e. The summed E-state index contributed by atoms with van der Waals surface area (Å²) in [6, 6.07) is 3.51. The Kier molecular flexibility index (Phi) is 7.05. The van der Waals surface area contributed by atoms with E-state index < -0.39 is 81.0 Å². The zero-order valence-corrected chi connectivity index (χ0v) is 24.1. The zero-order chi connectivity index (χ0) is 35.8. The Morgan fingerprint density at radius 2 is 0.900 bits per heavy atom. The third-order valence-electron chi connectivity index (χ3n) is 7.97. The summed E-state index contributed by atoms with van der Waals surface area (Å²) in [5.74, 6) is -15.2. The molecule has 0 bridgehead atoms. The molecule has 0 saturated carbocycles. The van der Waals surface area contributed by atoms with Gasteiger partial charge in [0.2, 0.25) is 0 Å². The van der Waals surface area contributed by atoms with Crippen molar-refractivity contribution in [1.82, 2.24) is 29.9 Å². The molecule has 18 heteroatoms. The summed E-state index contributed by atoms with van der Waals surface area (Å²) in [4.78, 5) is 28.4. The normalized spacial score (nSPS) is 13.2. The van der Waals surface area contributed by atoms with E-state index in [1.165, 1.54) is 0 Å². The molecule has 10 nitrogen and oxygen atoms in total. The SMILES string of the molecule is [C-]#[N+]/C(C#N)=c1/c2c(/c(=C(\C#N)[N+]#[C-])c3c1-c1ncc(-c4c(F)c(F)nc(F)c4F)nc1C3)-c1ncc(-c3c(F)c(F)nc(F)c3F)nc1C2. The maximum Gasteiger partial charge on any atom is 0.269 e. The predicted molar refractivity (Wildman–Crippen MR) is 151 cm³/mol. The molecule has 0 atom stereocenters. The third kappa shape index (κ3) is 4.29. The highest BCUT2D eigenvalue weighted by atomic mass is 19.2. The molecule has 0 saturated heterocycles. The molecule has 5 aromatic rings. The molecule has 0 fully saturated rings. The maximum absolute atomic E-state index is 14.6. The maximum atomic E-state index is 14.6. The van der Waals surface area contributed by atoms with E-state index in [9.17, 15) is 45.6 Å². The molecule has 7 rings (SSSR count). The van der Waals surface area contributed by atoms with Gasteiger partial charge in [0.15, 0.2) is 23.3 Å². The lowest BCUT2D eigenvalue weighted by Gasteiger charge is -2.12. The molecule has 0 spiro atoms. The fourth-order valence-electron chi connectivity index (χ4n) is 6.04. The number of nitrogens with zero attached hydrogens (tertiary/aromatic N) is 10. The van der Waals surface area contributed by atoms with Crippen LogP contribution >= 0.6 is 0 Å². The molecule has 1 aromatic carbocycles. The van der Waals surface area contributed by atoms with Gasteiger partial charge in [-0.3, -0.25) is 9.97 Å². The molecular formula is C32H6F8N10. The molecule has 0 radical (unpaired) electrons. The number of aromatic nitrogens is 6. The van der Waals surface area contributed by atoms with Crippen LogP contribution in [-0.2, 0) is 12.8 Å². The molecule has 0 amide bonds. The summed E-state index contributed by atoms with van der Waals surface area (Å²) in [7, 11) is 0. The van der Waals surface area contributed by atoms with Crippen LogP contribution in [0.1, 0.15) is 22.5 Å². The molecule has 50 heavy (non-hydrogen) atoms. The summed E-state index contributed by atoms with van der Waals surface area (Å²) in [6.07, 6.45) is 0.840. The number of hydrogen-bond donors (Lipinski definition) is 0. The monoisotopic (exact) mass is 682 g/mol. The van der Waals surface area contributed by atoms with Crippen LogP contribution in [0.4, 0.5) is 35.1 Å². The van der Waals surface area contributed by atoms with Crippen LogP contribution in [-0.4, -0.2) is 29.9 Å². The Balaban J connectivity index is 1.55. The quantitative estimate of drug-likeness (QED) is 0.145. The van der Waals surface area contributed by atoms with Crippen LogP contribution in [0.2, 0.25) is 0 Å². The summed E-state index contributed by atoms with van der Waals surface area (Å²) in [5, 5.41) is 19.8. The van der Waals surface area contributed by atoms with E-state index in [4.69, 9.17) is 13.1 Å². The van der Waals surface area contributed by atoms with Gasteiger partial charge in [-0.25, -0.2) is 47.7 Å². The van der Waals surface area contributed by atoms with Crippen LogP contribution in [0.5, 0.6) is 0 Å². The lowest BCUT2D eigenvalue weighted by molar-refractivity contribution is 0.410. The molecule has 0 N–H and O–H groups in total. The lowest BCUT2D eigenvalue weighted by atomic mass is 9.92. The van der Waals surface area contributed by atoms with Gasteiger partial charge in [0.25, 0.3) is 35.2 Å². The number of benzene rings is 1. The van der Waals surface area contributed by atoms with Crippen LogP contribution in [0, 0.1) is 82.9 Å². The second-order valence-corrected chi connectivity index (χ2v) is 10.4. The summed E-state index contributed by atoms with van der Waals surface area (Å²) < 4.78 is 114. The van der Waals surface area contributed by atoms with Gasteiger partial charge in [-0.1, -0.05) is 0 Å². The van der Waals surface area contributed by atoms with Gasteiger partial charge in [0, 0.05) is 34.4 Å².